The number of hydrogen-bond acceptors (Lipinski definition) is 3. The van der Waals surface area contributed by atoms with Crippen LogP contribution in [0, 0.1) is 17.7 Å². The van der Waals surface area contributed by atoms with Crippen molar-refractivity contribution in [3.63, 3.8) is 0 Å². The lowest BCUT2D eigenvalue weighted by Gasteiger charge is -2.30. The maximum absolute atomic E-state index is 13.8. The molecule has 4 nitrogen and oxygen atoms in total. The van der Waals surface area contributed by atoms with Gasteiger partial charge in [-0.1, -0.05) is 36.4 Å². The van der Waals surface area contributed by atoms with Crippen LogP contribution in [0.5, 0.6) is 0 Å². The van der Waals surface area contributed by atoms with Gasteiger partial charge < -0.3 is 0 Å². The number of benzene rings is 2. The second-order valence-electron chi connectivity index (χ2n) is 7.76. The summed E-state index contributed by atoms with van der Waals surface area (Å²) in [6.07, 6.45) is 0.0418. The van der Waals surface area contributed by atoms with Crippen LogP contribution < -0.4 is 0 Å². The zero-order valence-electron chi connectivity index (χ0n) is 15.3. The van der Waals surface area contributed by atoms with E-state index in [4.69, 9.17) is 0 Å². The Morgan fingerprint density at radius 2 is 1.79 bits per heavy atom. The van der Waals surface area contributed by atoms with Crippen molar-refractivity contribution in [3.05, 3.63) is 76.6 Å². The van der Waals surface area contributed by atoms with E-state index in [1.807, 2.05) is 30.3 Å². The molecule has 1 heterocycles. The van der Waals surface area contributed by atoms with Crippen molar-refractivity contribution in [2.75, 3.05) is 0 Å². The Bertz CT molecular complexity index is 1070. The van der Waals surface area contributed by atoms with Crippen LogP contribution in [0.15, 0.2) is 54.1 Å². The molecule has 2 amide bonds. The van der Waals surface area contributed by atoms with Gasteiger partial charge in [-0.05, 0) is 41.3 Å². The van der Waals surface area contributed by atoms with Gasteiger partial charge in [0.15, 0.2) is 5.78 Å². The highest BCUT2D eigenvalue weighted by Crippen LogP contribution is 2.55. The molecule has 1 saturated heterocycles. The van der Waals surface area contributed by atoms with Gasteiger partial charge in [-0.2, -0.15) is 0 Å². The number of imide groups is 1. The molecule has 2 aromatic rings. The van der Waals surface area contributed by atoms with Gasteiger partial charge in [0.25, 0.3) is 0 Å². The molecule has 28 heavy (non-hydrogen) atoms. The minimum atomic E-state index is -0.638. The van der Waals surface area contributed by atoms with Gasteiger partial charge in [0.05, 0.1) is 18.4 Å². The van der Waals surface area contributed by atoms with Gasteiger partial charge in [0.1, 0.15) is 5.82 Å². The van der Waals surface area contributed by atoms with E-state index < -0.39 is 17.8 Å². The first-order valence-electron chi connectivity index (χ1n) is 9.40. The van der Waals surface area contributed by atoms with Gasteiger partial charge in [-0.3, -0.25) is 19.3 Å². The Morgan fingerprint density at radius 1 is 1.04 bits per heavy atom. The van der Waals surface area contributed by atoms with Gasteiger partial charge in [0.2, 0.25) is 11.8 Å². The third-order valence-corrected chi connectivity index (χ3v) is 6.29. The van der Waals surface area contributed by atoms with Crippen molar-refractivity contribution in [1.29, 1.82) is 0 Å². The lowest BCUT2D eigenvalue weighted by Crippen LogP contribution is -2.34. The van der Waals surface area contributed by atoms with E-state index in [0.717, 1.165) is 16.7 Å². The van der Waals surface area contributed by atoms with Gasteiger partial charge >= 0.3 is 0 Å². The van der Waals surface area contributed by atoms with Crippen molar-refractivity contribution >= 4 is 23.2 Å². The van der Waals surface area contributed by atoms with E-state index in [9.17, 15) is 18.8 Å². The SMILES string of the molecule is CC1=C2C(=O)C[C@H]3C(=O)N(Cc4ccccc4)C(=O)[C@H]3[C@H]2c2ccc(F)cc21. The summed E-state index contributed by atoms with van der Waals surface area (Å²) in [6.45, 7) is 2.01. The van der Waals surface area contributed by atoms with Crippen molar-refractivity contribution < 1.29 is 18.8 Å². The molecule has 1 saturated carbocycles. The molecule has 0 spiro atoms. The van der Waals surface area contributed by atoms with E-state index in [-0.39, 0.29) is 36.4 Å². The smallest absolute Gasteiger partial charge is 0.234 e. The molecule has 2 aliphatic carbocycles. The molecule has 5 rings (SSSR count). The second kappa shape index (κ2) is 5.96. The van der Waals surface area contributed by atoms with Crippen LogP contribution in [0.3, 0.4) is 0 Å². The van der Waals surface area contributed by atoms with Crippen LogP contribution in [0.25, 0.3) is 5.57 Å². The molecule has 3 aliphatic rings. The first-order chi connectivity index (χ1) is 13.5. The first-order valence-corrected chi connectivity index (χ1v) is 9.40. The van der Waals surface area contributed by atoms with E-state index in [2.05, 4.69) is 0 Å². The highest BCUT2D eigenvalue weighted by molar-refractivity contribution is 6.15. The number of nitrogens with zero attached hydrogens (tertiary/aromatic N) is 1. The summed E-state index contributed by atoms with van der Waals surface area (Å²) in [7, 11) is 0. The lowest BCUT2D eigenvalue weighted by atomic mass is 9.69. The standard InChI is InChI=1S/C23H18FNO3/c1-12-16-9-14(24)7-8-15(16)20-19(12)18(26)10-17-21(20)23(28)25(22(17)27)11-13-5-3-2-4-6-13/h2-9,17,20-21H,10-11H2,1H3/t17-,20+,21-/m1/s1. The minimum Gasteiger partial charge on any atom is -0.294 e. The van der Waals surface area contributed by atoms with Crippen molar-refractivity contribution in [1.82, 2.24) is 4.90 Å². The summed E-state index contributed by atoms with van der Waals surface area (Å²) in [6, 6.07) is 13.8. The van der Waals surface area contributed by atoms with Crippen molar-refractivity contribution in [2.24, 2.45) is 11.8 Å². The van der Waals surface area contributed by atoms with E-state index in [1.165, 1.54) is 17.0 Å². The lowest BCUT2D eigenvalue weighted by molar-refractivity contribution is -0.141. The molecule has 1 aliphatic heterocycles. The maximum Gasteiger partial charge on any atom is 0.234 e. The molecule has 3 atom stereocenters. The van der Waals surface area contributed by atoms with Gasteiger partial charge in [-0.25, -0.2) is 4.39 Å². The van der Waals surface area contributed by atoms with E-state index >= 15 is 0 Å². The average molecular weight is 375 g/mol. The summed E-state index contributed by atoms with van der Waals surface area (Å²) >= 11 is 0. The largest absolute Gasteiger partial charge is 0.294 e. The fraction of sp³-hybridized carbons (Fsp3) is 0.261. The highest BCUT2D eigenvalue weighted by Gasteiger charge is 2.58. The van der Waals surface area contributed by atoms with Crippen LogP contribution in [0.2, 0.25) is 0 Å². The number of carbonyl (C=O) groups excluding carboxylic acids is 3. The number of fused-ring (bicyclic) bond motifs is 5. The Morgan fingerprint density at radius 3 is 2.54 bits per heavy atom. The maximum atomic E-state index is 13.8. The zero-order chi connectivity index (χ0) is 19.6. The number of halogens is 1. The predicted molar refractivity (Wildman–Crippen MR) is 100 cm³/mol. The summed E-state index contributed by atoms with van der Waals surface area (Å²) in [5.74, 6) is -2.69. The highest BCUT2D eigenvalue weighted by atomic mass is 19.1. The molecule has 0 N–H and O–H groups in total. The van der Waals surface area contributed by atoms with Gasteiger partial charge in [0, 0.05) is 17.9 Å². The molecule has 0 bridgehead atoms. The fourth-order valence-corrected chi connectivity index (χ4v) is 5.05. The third-order valence-electron chi connectivity index (χ3n) is 6.29. The Hall–Kier alpha value is -3.08. The Kier molecular flexibility index (Phi) is 3.63. The molecule has 0 aromatic heterocycles. The number of Topliss-reactive ketones (excluding diaryl/α,β-unsaturated/α-hetero) is 1. The van der Waals surface area contributed by atoms with Crippen LogP contribution in [0.4, 0.5) is 4.39 Å². The molecular formula is C23H18FNO3. The Balaban J connectivity index is 1.58. The molecule has 0 radical (unpaired) electrons. The van der Waals surface area contributed by atoms with Crippen molar-refractivity contribution in [3.8, 4) is 0 Å². The number of hydrogen-bond donors (Lipinski definition) is 0. The van der Waals surface area contributed by atoms with Crippen molar-refractivity contribution in [2.45, 2.75) is 25.8 Å². The predicted octanol–water partition coefficient (Wildman–Crippen LogP) is 3.47. The van der Waals surface area contributed by atoms with E-state index in [0.29, 0.717) is 11.1 Å². The number of likely N-dealkylation sites (tertiary alicyclic amines) is 1. The topological polar surface area (TPSA) is 54.5 Å². The third kappa shape index (κ3) is 2.25. The van der Waals surface area contributed by atoms with Crippen LogP contribution >= 0.6 is 0 Å². The number of rotatable bonds is 2. The van der Waals surface area contributed by atoms with Crippen LogP contribution in [-0.4, -0.2) is 22.5 Å². The minimum absolute atomic E-state index is 0.0418. The van der Waals surface area contributed by atoms with Crippen LogP contribution in [0.1, 0.15) is 36.0 Å². The summed E-state index contributed by atoms with van der Waals surface area (Å²) in [5.41, 5.74) is 3.62. The second-order valence-corrected chi connectivity index (χ2v) is 7.76. The quantitative estimate of drug-likeness (QED) is 0.756. The van der Waals surface area contributed by atoms with E-state index in [1.54, 1.807) is 13.0 Å². The fourth-order valence-electron chi connectivity index (χ4n) is 5.05. The summed E-state index contributed by atoms with van der Waals surface area (Å²) in [4.78, 5) is 40.5. The number of ketones is 1. The summed E-state index contributed by atoms with van der Waals surface area (Å²) in [5, 5.41) is 0. The Labute approximate surface area is 161 Å². The molecular weight excluding hydrogens is 357 g/mol. The zero-order valence-corrected chi connectivity index (χ0v) is 15.3. The number of carbonyl (C=O) groups is 3. The monoisotopic (exact) mass is 375 g/mol. The molecule has 0 unspecified atom stereocenters. The van der Waals surface area contributed by atoms with Gasteiger partial charge in [-0.15, -0.1) is 0 Å². The molecule has 2 aromatic carbocycles. The number of allylic oxidation sites excluding steroid dienone is 2. The number of amides is 2. The average Bonchev–Trinajstić information content (AvgIpc) is 3.10. The van der Waals surface area contributed by atoms with Crippen LogP contribution in [-0.2, 0) is 20.9 Å². The molecule has 140 valence electrons. The molecule has 5 heteroatoms. The molecule has 2 fully saturated rings. The first kappa shape index (κ1) is 17.0. The summed E-state index contributed by atoms with van der Waals surface area (Å²) < 4.78 is 13.8. The normalized spacial score (nSPS) is 25.9.